The minimum Gasteiger partial charge on any atom is -0.478 e. The molecule has 0 radical (unpaired) electrons. The van der Waals surface area contributed by atoms with Gasteiger partial charge in [-0.1, -0.05) is 30.3 Å². The first-order valence-electron chi connectivity index (χ1n) is 9.54. The Morgan fingerprint density at radius 2 is 1.79 bits per heavy atom. The third-order valence-electron chi connectivity index (χ3n) is 4.82. The van der Waals surface area contributed by atoms with Crippen molar-refractivity contribution >= 4 is 33.6 Å². The Kier molecular flexibility index (Phi) is 5.14. The van der Waals surface area contributed by atoms with Gasteiger partial charge >= 0.3 is 5.97 Å². The SMILES string of the molecule is CN(C)CCCNc1nc(-c2[nH]c3ccccc3c2C(=O)O)nc2ccccc12. The summed E-state index contributed by atoms with van der Waals surface area (Å²) in [6, 6.07) is 15.1. The van der Waals surface area contributed by atoms with Gasteiger partial charge in [0.05, 0.1) is 16.8 Å². The predicted molar refractivity (Wildman–Crippen MR) is 115 cm³/mol. The molecule has 3 N–H and O–H groups in total. The van der Waals surface area contributed by atoms with Crippen LogP contribution >= 0.6 is 0 Å². The van der Waals surface area contributed by atoms with Gasteiger partial charge in [-0.15, -0.1) is 0 Å². The van der Waals surface area contributed by atoms with Crippen molar-refractivity contribution in [3.05, 3.63) is 54.1 Å². The van der Waals surface area contributed by atoms with Crippen molar-refractivity contribution in [3.63, 3.8) is 0 Å². The fourth-order valence-corrected chi connectivity index (χ4v) is 3.46. The maximum atomic E-state index is 12.0. The minimum absolute atomic E-state index is 0.189. The van der Waals surface area contributed by atoms with E-state index >= 15 is 0 Å². The molecule has 0 unspecified atom stereocenters. The van der Waals surface area contributed by atoms with Gasteiger partial charge in [-0.3, -0.25) is 0 Å². The van der Waals surface area contributed by atoms with E-state index in [0.717, 1.165) is 35.9 Å². The summed E-state index contributed by atoms with van der Waals surface area (Å²) >= 11 is 0. The van der Waals surface area contributed by atoms with Gasteiger partial charge in [-0.05, 0) is 45.3 Å². The number of aromatic nitrogens is 3. The lowest BCUT2D eigenvalue weighted by molar-refractivity contribution is 0.0700. The number of anilines is 1. The number of rotatable bonds is 7. The van der Waals surface area contributed by atoms with Crippen molar-refractivity contribution in [2.45, 2.75) is 6.42 Å². The molecule has 2 heterocycles. The summed E-state index contributed by atoms with van der Waals surface area (Å²) < 4.78 is 0. The summed E-state index contributed by atoms with van der Waals surface area (Å²) in [4.78, 5) is 26.7. The van der Waals surface area contributed by atoms with E-state index in [4.69, 9.17) is 4.98 Å². The molecule has 2 aromatic carbocycles. The largest absolute Gasteiger partial charge is 0.478 e. The first kappa shape index (κ1) is 18.9. The Hall–Kier alpha value is -3.45. The molecule has 0 saturated heterocycles. The first-order chi connectivity index (χ1) is 14.0. The van der Waals surface area contributed by atoms with Crippen LogP contribution < -0.4 is 5.32 Å². The van der Waals surface area contributed by atoms with Crippen molar-refractivity contribution in [2.24, 2.45) is 0 Å². The highest BCUT2D eigenvalue weighted by atomic mass is 16.4. The van der Waals surface area contributed by atoms with Gasteiger partial charge in [0.1, 0.15) is 5.82 Å². The number of aromatic carboxylic acids is 1. The fraction of sp³-hybridized carbons (Fsp3) is 0.227. The van der Waals surface area contributed by atoms with E-state index in [1.54, 1.807) is 6.07 Å². The van der Waals surface area contributed by atoms with Crippen LogP contribution in [0.1, 0.15) is 16.8 Å². The first-order valence-corrected chi connectivity index (χ1v) is 9.54. The number of hydrogen-bond acceptors (Lipinski definition) is 5. The van der Waals surface area contributed by atoms with Gasteiger partial charge in [0, 0.05) is 22.8 Å². The second-order valence-electron chi connectivity index (χ2n) is 7.22. The second-order valence-corrected chi connectivity index (χ2v) is 7.22. The normalized spacial score (nSPS) is 11.4. The number of carbonyl (C=O) groups is 1. The van der Waals surface area contributed by atoms with Crippen LogP contribution in [0.2, 0.25) is 0 Å². The van der Waals surface area contributed by atoms with Crippen LogP contribution in [-0.4, -0.2) is 58.1 Å². The number of fused-ring (bicyclic) bond motifs is 2. The highest BCUT2D eigenvalue weighted by molar-refractivity contribution is 6.09. The molecule has 4 rings (SSSR count). The Balaban J connectivity index is 1.81. The molecule has 0 saturated carbocycles. The van der Waals surface area contributed by atoms with E-state index < -0.39 is 5.97 Å². The molecule has 0 spiro atoms. The molecule has 148 valence electrons. The third-order valence-corrected chi connectivity index (χ3v) is 4.82. The molecule has 29 heavy (non-hydrogen) atoms. The number of aromatic amines is 1. The van der Waals surface area contributed by atoms with E-state index in [2.05, 4.69) is 20.2 Å². The number of nitrogens with one attached hydrogen (secondary N) is 2. The van der Waals surface area contributed by atoms with Crippen LogP contribution in [-0.2, 0) is 0 Å². The molecular weight excluding hydrogens is 366 g/mol. The number of carboxylic acids is 1. The molecule has 7 nitrogen and oxygen atoms in total. The second kappa shape index (κ2) is 7.89. The zero-order valence-corrected chi connectivity index (χ0v) is 16.4. The number of nitrogens with zero attached hydrogens (tertiary/aromatic N) is 3. The van der Waals surface area contributed by atoms with E-state index in [0.29, 0.717) is 22.7 Å². The van der Waals surface area contributed by atoms with Crippen LogP contribution in [0.25, 0.3) is 33.3 Å². The van der Waals surface area contributed by atoms with Crippen LogP contribution in [0.5, 0.6) is 0 Å². The maximum absolute atomic E-state index is 12.0. The average molecular weight is 389 g/mol. The molecule has 0 fully saturated rings. The van der Waals surface area contributed by atoms with Crippen molar-refractivity contribution in [1.29, 1.82) is 0 Å². The van der Waals surface area contributed by atoms with Gasteiger partial charge in [0.15, 0.2) is 5.82 Å². The number of H-pyrrole nitrogens is 1. The maximum Gasteiger partial charge on any atom is 0.338 e. The third kappa shape index (κ3) is 3.77. The zero-order chi connectivity index (χ0) is 20.4. The number of hydrogen-bond donors (Lipinski definition) is 3. The summed E-state index contributed by atoms with van der Waals surface area (Å²) in [6.07, 6.45) is 0.966. The highest BCUT2D eigenvalue weighted by Gasteiger charge is 2.21. The topological polar surface area (TPSA) is 94.1 Å². The average Bonchev–Trinajstić information content (AvgIpc) is 3.10. The lowest BCUT2D eigenvalue weighted by atomic mass is 10.1. The van der Waals surface area contributed by atoms with Crippen LogP contribution in [0.4, 0.5) is 5.82 Å². The minimum atomic E-state index is -1.00. The fourth-order valence-electron chi connectivity index (χ4n) is 3.46. The molecule has 0 aliphatic heterocycles. The van der Waals surface area contributed by atoms with Crippen molar-refractivity contribution in [2.75, 3.05) is 32.5 Å². The highest BCUT2D eigenvalue weighted by Crippen LogP contribution is 2.31. The van der Waals surface area contributed by atoms with Crippen LogP contribution in [0.15, 0.2) is 48.5 Å². The summed E-state index contributed by atoms with van der Waals surface area (Å²) in [5.41, 5.74) is 2.12. The Morgan fingerprint density at radius 1 is 1.07 bits per heavy atom. The van der Waals surface area contributed by atoms with Crippen molar-refractivity contribution in [1.82, 2.24) is 19.9 Å². The van der Waals surface area contributed by atoms with Crippen molar-refractivity contribution in [3.8, 4) is 11.5 Å². The molecule has 0 atom stereocenters. The number of carboxylic acid groups (broad SMARTS) is 1. The smallest absolute Gasteiger partial charge is 0.338 e. The molecular formula is C22H23N5O2. The monoisotopic (exact) mass is 389 g/mol. The van der Waals surface area contributed by atoms with Gasteiger partial charge in [-0.2, -0.15) is 0 Å². The molecule has 0 aliphatic carbocycles. The van der Waals surface area contributed by atoms with Crippen molar-refractivity contribution < 1.29 is 9.90 Å². The van der Waals surface area contributed by atoms with Crippen LogP contribution in [0, 0.1) is 0 Å². The quantitative estimate of drug-likeness (QED) is 0.416. The van der Waals surface area contributed by atoms with Crippen LogP contribution in [0.3, 0.4) is 0 Å². The number of para-hydroxylation sites is 2. The molecule has 0 aliphatic rings. The Morgan fingerprint density at radius 3 is 2.55 bits per heavy atom. The van der Waals surface area contributed by atoms with E-state index in [9.17, 15) is 9.90 Å². The van der Waals surface area contributed by atoms with Gasteiger partial charge in [0.25, 0.3) is 0 Å². The lowest BCUT2D eigenvalue weighted by Crippen LogP contribution is -2.17. The zero-order valence-electron chi connectivity index (χ0n) is 16.4. The standard InChI is InChI=1S/C22H23N5O2/c1-27(2)13-7-12-23-20-15-9-4-6-11-17(15)25-21(26-20)19-18(22(28)29)14-8-3-5-10-16(14)24-19/h3-6,8-11,24H,7,12-13H2,1-2H3,(H,28,29)(H,23,25,26). The Bertz CT molecular complexity index is 1180. The summed E-state index contributed by atoms with van der Waals surface area (Å²) in [5.74, 6) is 0.0708. The van der Waals surface area contributed by atoms with Gasteiger partial charge in [0.2, 0.25) is 0 Å². The lowest BCUT2D eigenvalue weighted by Gasteiger charge is -2.12. The van der Waals surface area contributed by atoms with Gasteiger partial charge in [-0.25, -0.2) is 14.8 Å². The number of benzene rings is 2. The van der Waals surface area contributed by atoms with E-state index in [1.807, 2.05) is 56.6 Å². The summed E-state index contributed by atoms with van der Waals surface area (Å²) in [7, 11) is 4.09. The Labute approximate surface area is 168 Å². The predicted octanol–water partition coefficient (Wildman–Crippen LogP) is 3.84. The molecule has 2 aromatic heterocycles. The molecule has 7 heteroatoms. The molecule has 0 amide bonds. The van der Waals surface area contributed by atoms with E-state index in [1.165, 1.54) is 0 Å². The van der Waals surface area contributed by atoms with Gasteiger partial charge < -0.3 is 20.3 Å². The molecule has 4 aromatic rings. The summed E-state index contributed by atoms with van der Waals surface area (Å²) in [5, 5.41) is 14.8. The summed E-state index contributed by atoms with van der Waals surface area (Å²) in [6.45, 7) is 1.73. The van der Waals surface area contributed by atoms with E-state index in [-0.39, 0.29) is 5.56 Å². The molecule has 0 bridgehead atoms.